The van der Waals surface area contributed by atoms with Crippen LogP contribution in [0, 0.1) is 0 Å². The topological polar surface area (TPSA) is 81.7 Å². The lowest BCUT2D eigenvalue weighted by molar-refractivity contribution is -0.345. The molecule has 53 heavy (non-hydrogen) atoms. The first kappa shape index (κ1) is 36.8. The van der Waals surface area contributed by atoms with Gasteiger partial charge in [-0.15, -0.1) is 0 Å². The minimum atomic E-state index is -1.69. The van der Waals surface area contributed by atoms with Crippen molar-refractivity contribution in [3.63, 3.8) is 0 Å². The molecule has 0 N–H and O–H groups in total. The minimum Gasteiger partial charge on any atom is -0.494 e. The predicted molar refractivity (Wildman–Crippen MR) is 200 cm³/mol. The van der Waals surface area contributed by atoms with Gasteiger partial charge in [-0.3, -0.25) is 0 Å². The molecule has 2 saturated heterocycles. The second kappa shape index (κ2) is 16.6. The van der Waals surface area contributed by atoms with E-state index in [4.69, 9.17) is 44.8 Å². The molecule has 2 fully saturated rings. The van der Waals surface area contributed by atoms with E-state index in [-0.39, 0.29) is 26.4 Å². The highest BCUT2D eigenvalue weighted by Crippen LogP contribution is 2.53. The molecule has 274 valence electrons. The number of ether oxygens (including phenoxy) is 7. The Morgan fingerprint density at radius 1 is 0.717 bits per heavy atom. The van der Waals surface area contributed by atoms with Gasteiger partial charge in [0.1, 0.15) is 24.1 Å². The highest BCUT2D eigenvalue weighted by Gasteiger charge is 2.73. The first-order valence-electron chi connectivity index (χ1n) is 17.8. The summed E-state index contributed by atoms with van der Waals surface area (Å²) in [6.45, 7) is 3.01. The first-order chi connectivity index (χ1) is 25.9. The maximum Gasteiger partial charge on any atom is 0.343 e. The van der Waals surface area contributed by atoms with Crippen molar-refractivity contribution in [3.8, 4) is 5.75 Å². The molecule has 5 aromatic carbocycles. The first-order valence-corrected chi connectivity index (χ1v) is 18.2. The summed E-state index contributed by atoms with van der Waals surface area (Å²) in [4.78, 5) is 14.0. The summed E-state index contributed by atoms with van der Waals surface area (Å²) in [5.74, 6) is -1.43. The van der Waals surface area contributed by atoms with Crippen molar-refractivity contribution in [2.45, 2.75) is 62.9 Å². The summed E-state index contributed by atoms with van der Waals surface area (Å²) in [6, 6.07) is 43.0. The van der Waals surface area contributed by atoms with Gasteiger partial charge in [-0.1, -0.05) is 121 Å². The molecule has 5 atom stereocenters. The van der Waals surface area contributed by atoms with Crippen LogP contribution in [0.5, 0.6) is 5.75 Å². The van der Waals surface area contributed by atoms with E-state index in [0.717, 1.165) is 33.6 Å². The smallest absolute Gasteiger partial charge is 0.343 e. The van der Waals surface area contributed by atoms with Crippen LogP contribution in [0.1, 0.15) is 40.3 Å². The molecule has 2 heterocycles. The van der Waals surface area contributed by atoms with E-state index in [1.54, 1.807) is 0 Å². The number of benzene rings is 5. The summed E-state index contributed by atoms with van der Waals surface area (Å²) in [7, 11) is 1.34. The van der Waals surface area contributed by atoms with Gasteiger partial charge in [0, 0.05) is 10.6 Å². The Labute approximate surface area is 315 Å². The average molecular weight is 735 g/mol. The number of carbonyl (C=O) groups is 1. The van der Waals surface area contributed by atoms with Crippen LogP contribution < -0.4 is 4.74 Å². The Morgan fingerprint density at radius 2 is 1.28 bits per heavy atom. The third-order valence-electron chi connectivity index (χ3n) is 9.70. The Kier molecular flexibility index (Phi) is 11.6. The molecule has 2 bridgehead atoms. The summed E-state index contributed by atoms with van der Waals surface area (Å²) < 4.78 is 45.3. The lowest BCUT2D eigenvalue weighted by Crippen LogP contribution is -2.69. The Bertz CT molecular complexity index is 1940. The van der Waals surface area contributed by atoms with Crippen LogP contribution in [0.3, 0.4) is 0 Å². The van der Waals surface area contributed by atoms with E-state index < -0.39 is 35.7 Å². The number of hydrogen-bond acceptors (Lipinski definition) is 8. The maximum absolute atomic E-state index is 14.0. The molecule has 5 unspecified atom stereocenters. The van der Waals surface area contributed by atoms with E-state index in [0.29, 0.717) is 23.6 Å². The number of hydrogen-bond donors (Lipinski definition) is 0. The normalized spacial score (nSPS) is 23.4. The van der Waals surface area contributed by atoms with Crippen LogP contribution in [0.25, 0.3) is 0 Å². The van der Waals surface area contributed by atoms with Gasteiger partial charge in [0.05, 0.1) is 40.1 Å². The fourth-order valence-electron chi connectivity index (χ4n) is 7.07. The van der Waals surface area contributed by atoms with E-state index in [1.165, 1.54) is 7.11 Å². The molecule has 5 aromatic rings. The molecule has 0 aliphatic carbocycles. The van der Waals surface area contributed by atoms with Crippen LogP contribution in [-0.4, -0.2) is 50.2 Å². The molecule has 0 amide bonds. The predicted octanol–water partition coefficient (Wildman–Crippen LogP) is 8.21. The van der Waals surface area contributed by atoms with Crippen LogP contribution in [-0.2, 0) is 65.2 Å². The highest BCUT2D eigenvalue weighted by molar-refractivity contribution is 6.31. The third kappa shape index (κ3) is 7.89. The zero-order chi connectivity index (χ0) is 36.7. The Balaban J connectivity index is 1.32. The lowest BCUT2D eigenvalue weighted by atomic mass is 9.82. The fourth-order valence-corrected chi connectivity index (χ4v) is 7.26. The molecule has 0 spiro atoms. The van der Waals surface area contributed by atoms with Gasteiger partial charge in [-0.2, -0.15) is 0 Å². The van der Waals surface area contributed by atoms with Crippen molar-refractivity contribution < 1.29 is 38.0 Å². The molecular weight excluding hydrogens is 692 g/mol. The van der Waals surface area contributed by atoms with Crippen molar-refractivity contribution in [2.24, 2.45) is 0 Å². The Morgan fingerprint density at radius 3 is 1.85 bits per heavy atom. The summed E-state index contributed by atoms with van der Waals surface area (Å²) in [5, 5.41) is 0.578. The standard InChI is InChI=1S/C44H43ClO8/c1-3-48-37-22-19-31(20-23-37)25-35-26-36(21-24-38(35)45)44-41(51-29-34-17-11-6-12-18-34)39(49-27-32-13-7-4-8-14-32)40(50-28-33-15-9-5-10-16-33)43(53-44,30-52-44)42(46)47-2/h4-24,26,39-41H,3,25,27-30H2,1-2H3. The van der Waals surface area contributed by atoms with E-state index >= 15 is 0 Å². The summed E-state index contributed by atoms with van der Waals surface area (Å²) in [6.07, 6.45) is -2.22. The van der Waals surface area contributed by atoms with E-state index in [2.05, 4.69) is 0 Å². The van der Waals surface area contributed by atoms with Gasteiger partial charge >= 0.3 is 5.97 Å². The van der Waals surface area contributed by atoms with Gasteiger partial charge in [0.15, 0.2) is 0 Å². The molecular formula is C44H43ClO8. The number of esters is 1. The van der Waals surface area contributed by atoms with Gasteiger partial charge < -0.3 is 33.2 Å². The fraction of sp³-hybridized carbons (Fsp3) is 0.295. The molecule has 0 saturated carbocycles. The second-order valence-electron chi connectivity index (χ2n) is 13.2. The molecule has 7 rings (SSSR count). The van der Waals surface area contributed by atoms with Gasteiger partial charge in [-0.25, -0.2) is 4.79 Å². The number of carbonyl (C=O) groups excluding carboxylic acids is 1. The van der Waals surface area contributed by atoms with Crippen LogP contribution >= 0.6 is 11.6 Å². The quantitative estimate of drug-likeness (QED) is 0.0997. The van der Waals surface area contributed by atoms with Crippen molar-refractivity contribution in [1.29, 1.82) is 0 Å². The van der Waals surface area contributed by atoms with Crippen molar-refractivity contribution >= 4 is 17.6 Å². The maximum atomic E-state index is 14.0. The molecule has 9 heteroatoms. The lowest BCUT2D eigenvalue weighted by Gasteiger charge is -2.49. The number of methoxy groups -OCH3 is 1. The molecule has 0 aromatic heterocycles. The summed E-state index contributed by atoms with van der Waals surface area (Å²) in [5.41, 5.74) is 3.64. The van der Waals surface area contributed by atoms with Crippen molar-refractivity contribution in [1.82, 2.24) is 0 Å². The average Bonchev–Trinajstić information content (AvgIpc) is 3.57. The zero-order valence-corrected chi connectivity index (χ0v) is 30.6. The highest BCUT2D eigenvalue weighted by atomic mass is 35.5. The number of rotatable bonds is 15. The van der Waals surface area contributed by atoms with Crippen molar-refractivity contribution in [3.05, 3.63) is 172 Å². The van der Waals surface area contributed by atoms with Gasteiger partial charge in [0.2, 0.25) is 11.4 Å². The van der Waals surface area contributed by atoms with Crippen LogP contribution in [0.2, 0.25) is 5.02 Å². The zero-order valence-electron chi connectivity index (χ0n) is 29.8. The van der Waals surface area contributed by atoms with E-state index in [9.17, 15) is 4.79 Å². The minimum absolute atomic E-state index is 0.160. The molecule has 8 nitrogen and oxygen atoms in total. The number of halogens is 1. The summed E-state index contributed by atoms with van der Waals surface area (Å²) >= 11 is 6.86. The second-order valence-corrected chi connectivity index (χ2v) is 13.6. The Hall–Kier alpha value is -4.54. The SMILES string of the molecule is CCOc1ccc(Cc2cc(C34OCC(C(=O)OC)(O3)C(OCc3ccccc3)C(OCc3ccccc3)C4OCc3ccccc3)ccc2Cl)cc1. The molecule has 0 radical (unpaired) electrons. The van der Waals surface area contributed by atoms with Crippen molar-refractivity contribution in [2.75, 3.05) is 20.3 Å². The van der Waals surface area contributed by atoms with Crippen LogP contribution in [0.4, 0.5) is 0 Å². The largest absolute Gasteiger partial charge is 0.494 e. The van der Waals surface area contributed by atoms with Gasteiger partial charge in [-0.05, 0) is 65.4 Å². The molecule has 2 aliphatic rings. The monoisotopic (exact) mass is 734 g/mol. The number of fused-ring (bicyclic) bond motifs is 2. The third-order valence-corrected chi connectivity index (χ3v) is 10.1. The van der Waals surface area contributed by atoms with Gasteiger partial charge in [0.25, 0.3) is 0 Å². The van der Waals surface area contributed by atoms with E-state index in [1.807, 2.05) is 140 Å². The van der Waals surface area contributed by atoms with Crippen LogP contribution in [0.15, 0.2) is 133 Å². The molecule has 2 aliphatic heterocycles.